The molecule has 0 N–H and O–H groups in total. The van der Waals surface area contributed by atoms with Crippen LogP contribution in [0.5, 0.6) is 0 Å². The van der Waals surface area contributed by atoms with Gasteiger partial charge in [0.15, 0.2) is 11.2 Å². The molecule has 5 nitrogen and oxygen atoms in total. The summed E-state index contributed by atoms with van der Waals surface area (Å²) in [6.45, 7) is 1.46. The van der Waals surface area contributed by atoms with Crippen molar-refractivity contribution in [3.8, 4) is 0 Å². The third-order valence-corrected chi connectivity index (χ3v) is 2.30. The Morgan fingerprint density at radius 2 is 2.38 bits per heavy atom. The molecule has 0 aromatic carbocycles. The topological polar surface area (TPSA) is 57.3 Å². The highest BCUT2D eigenvalue weighted by Crippen LogP contribution is 2.07. The van der Waals surface area contributed by atoms with E-state index in [1.54, 1.807) is 18.3 Å². The van der Waals surface area contributed by atoms with Gasteiger partial charge in [-0.25, -0.2) is 9.78 Å². The van der Waals surface area contributed by atoms with Crippen LogP contribution < -0.4 is 5.76 Å². The van der Waals surface area contributed by atoms with E-state index in [0.29, 0.717) is 36.7 Å². The van der Waals surface area contributed by atoms with Crippen molar-refractivity contribution in [1.29, 1.82) is 0 Å². The third kappa shape index (κ3) is 2.28. The fourth-order valence-electron chi connectivity index (χ4n) is 1.42. The maximum absolute atomic E-state index is 11.5. The van der Waals surface area contributed by atoms with E-state index >= 15 is 0 Å². The Balaban J connectivity index is 2.16. The molecule has 0 saturated heterocycles. The maximum atomic E-state index is 11.5. The molecule has 2 heterocycles. The number of ether oxygens (including phenoxy) is 1. The molecule has 86 valence electrons. The second-order valence-corrected chi connectivity index (χ2v) is 3.63. The van der Waals surface area contributed by atoms with Gasteiger partial charge in [-0.15, -0.1) is 0 Å². The van der Waals surface area contributed by atoms with Gasteiger partial charge in [0, 0.05) is 11.9 Å². The number of aromatic nitrogens is 2. The van der Waals surface area contributed by atoms with Crippen molar-refractivity contribution < 1.29 is 9.15 Å². The van der Waals surface area contributed by atoms with Crippen LogP contribution in [0.1, 0.15) is 0 Å². The molecule has 2 aromatic rings. The predicted molar refractivity (Wildman–Crippen MR) is 62.9 cm³/mol. The second-order valence-electron chi connectivity index (χ2n) is 3.18. The molecule has 0 atom stereocenters. The number of thiol groups is 1. The molecule has 6 heteroatoms. The lowest BCUT2D eigenvalue weighted by molar-refractivity contribution is 0.140. The van der Waals surface area contributed by atoms with Crippen molar-refractivity contribution in [2.75, 3.05) is 19.0 Å². The van der Waals surface area contributed by atoms with E-state index in [1.165, 1.54) is 4.57 Å². The van der Waals surface area contributed by atoms with Gasteiger partial charge in [0.2, 0.25) is 0 Å². The van der Waals surface area contributed by atoms with Crippen LogP contribution in [-0.2, 0) is 11.3 Å². The first-order valence-electron chi connectivity index (χ1n) is 4.96. The molecule has 2 rings (SSSR count). The van der Waals surface area contributed by atoms with Crippen LogP contribution in [0, 0.1) is 0 Å². The van der Waals surface area contributed by atoms with Crippen LogP contribution in [0.2, 0.25) is 0 Å². The van der Waals surface area contributed by atoms with Crippen LogP contribution in [0.4, 0.5) is 0 Å². The zero-order valence-electron chi connectivity index (χ0n) is 8.63. The standard InChI is InChI=1S/C10H12N2O3S/c13-10-12(4-5-14-6-7-16)9-8(15-10)2-1-3-11-9/h1-3,16H,4-7H2. The number of nitrogens with zero attached hydrogens (tertiary/aromatic N) is 2. The molecule has 0 aliphatic rings. The first-order chi connectivity index (χ1) is 7.83. The van der Waals surface area contributed by atoms with Gasteiger partial charge in [0.05, 0.1) is 19.8 Å². The lowest BCUT2D eigenvalue weighted by Gasteiger charge is -2.02. The molecule has 0 radical (unpaired) electrons. The van der Waals surface area contributed by atoms with Gasteiger partial charge in [0.25, 0.3) is 0 Å². The number of oxazole rings is 1. The number of rotatable bonds is 5. The summed E-state index contributed by atoms with van der Waals surface area (Å²) in [7, 11) is 0. The first kappa shape index (κ1) is 11.2. The summed E-state index contributed by atoms with van der Waals surface area (Å²) in [5.74, 6) is 0.266. The van der Waals surface area contributed by atoms with Crippen LogP contribution in [0.15, 0.2) is 27.5 Å². The summed E-state index contributed by atoms with van der Waals surface area (Å²) in [5, 5.41) is 0. The Morgan fingerprint density at radius 3 is 3.19 bits per heavy atom. The zero-order chi connectivity index (χ0) is 11.4. The summed E-state index contributed by atoms with van der Waals surface area (Å²) < 4.78 is 11.8. The summed E-state index contributed by atoms with van der Waals surface area (Å²) in [6.07, 6.45) is 1.63. The Bertz CT molecular complexity index is 520. The van der Waals surface area contributed by atoms with E-state index in [-0.39, 0.29) is 0 Å². The van der Waals surface area contributed by atoms with Crippen molar-refractivity contribution >= 4 is 23.9 Å². The number of hydrogen-bond donors (Lipinski definition) is 1. The summed E-state index contributed by atoms with van der Waals surface area (Å²) in [6, 6.07) is 3.45. The second kappa shape index (κ2) is 5.18. The molecule has 16 heavy (non-hydrogen) atoms. The minimum absolute atomic E-state index is 0.400. The van der Waals surface area contributed by atoms with Crippen LogP contribution >= 0.6 is 12.6 Å². The lowest BCUT2D eigenvalue weighted by atomic mass is 10.4. The Kier molecular flexibility index (Phi) is 3.63. The van der Waals surface area contributed by atoms with Crippen LogP contribution in [0.25, 0.3) is 11.2 Å². The van der Waals surface area contributed by atoms with Crippen molar-refractivity contribution in [2.24, 2.45) is 0 Å². The Morgan fingerprint density at radius 1 is 1.50 bits per heavy atom. The molecule has 0 aliphatic carbocycles. The molecule has 0 fully saturated rings. The molecule has 0 saturated carbocycles. The van der Waals surface area contributed by atoms with Gasteiger partial charge in [-0.05, 0) is 12.1 Å². The van der Waals surface area contributed by atoms with E-state index in [9.17, 15) is 4.79 Å². The Labute approximate surface area is 97.4 Å². The van der Waals surface area contributed by atoms with Gasteiger partial charge in [-0.2, -0.15) is 12.6 Å². The highest BCUT2D eigenvalue weighted by atomic mass is 32.1. The van der Waals surface area contributed by atoms with Crippen molar-refractivity contribution in [3.63, 3.8) is 0 Å². The molecule has 0 aliphatic heterocycles. The average molecular weight is 240 g/mol. The summed E-state index contributed by atoms with van der Waals surface area (Å²) in [4.78, 5) is 15.6. The Hall–Kier alpha value is -1.27. The van der Waals surface area contributed by atoms with E-state index in [4.69, 9.17) is 9.15 Å². The molecule has 2 aromatic heterocycles. The highest BCUT2D eigenvalue weighted by molar-refractivity contribution is 7.80. The van der Waals surface area contributed by atoms with E-state index in [0.717, 1.165) is 0 Å². The lowest BCUT2D eigenvalue weighted by Crippen LogP contribution is -2.18. The van der Waals surface area contributed by atoms with Gasteiger partial charge < -0.3 is 9.15 Å². The normalized spacial score (nSPS) is 11.1. The largest absolute Gasteiger partial charge is 0.421 e. The quantitative estimate of drug-likeness (QED) is 0.624. The molecule has 0 bridgehead atoms. The van der Waals surface area contributed by atoms with Crippen LogP contribution in [0.3, 0.4) is 0 Å². The zero-order valence-corrected chi connectivity index (χ0v) is 9.52. The molecular formula is C10H12N2O3S. The fourth-order valence-corrected chi connectivity index (χ4v) is 1.55. The predicted octanol–water partition coefficient (Wildman–Crippen LogP) is 0.936. The summed E-state index contributed by atoms with van der Waals surface area (Å²) >= 11 is 4.02. The monoisotopic (exact) mass is 240 g/mol. The summed E-state index contributed by atoms with van der Waals surface area (Å²) in [5.41, 5.74) is 1.06. The average Bonchev–Trinajstić information content (AvgIpc) is 2.61. The van der Waals surface area contributed by atoms with Gasteiger partial charge >= 0.3 is 5.76 Å². The third-order valence-electron chi connectivity index (χ3n) is 2.12. The molecule has 0 spiro atoms. The number of hydrogen-bond acceptors (Lipinski definition) is 5. The van der Waals surface area contributed by atoms with Gasteiger partial charge in [-0.1, -0.05) is 0 Å². The van der Waals surface area contributed by atoms with E-state index in [2.05, 4.69) is 17.6 Å². The number of pyridine rings is 1. The first-order valence-corrected chi connectivity index (χ1v) is 5.59. The minimum atomic E-state index is -0.400. The molecule has 0 unspecified atom stereocenters. The molecule has 0 amide bonds. The van der Waals surface area contributed by atoms with Crippen molar-refractivity contribution in [2.45, 2.75) is 6.54 Å². The van der Waals surface area contributed by atoms with E-state index < -0.39 is 5.76 Å². The van der Waals surface area contributed by atoms with Crippen molar-refractivity contribution in [3.05, 3.63) is 28.9 Å². The van der Waals surface area contributed by atoms with Gasteiger partial charge in [0.1, 0.15) is 0 Å². The fraction of sp³-hybridized carbons (Fsp3) is 0.400. The smallest absolute Gasteiger partial charge is 0.406 e. The van der Waals surface area contributed by atoms with Crippen LogP contribution in [-0.4, -0.2) is 28.5 Å². The molecular weight excluding hydrogens is 228 g/mol. The van der Waals surface area contributed by atoms with E-state index in [1.807, 2.05) is 0 Å². The SMILES string of the molecule is O=c1oc2cccnc2n1CCOCCS. The highest BCUT2D eigenvalue weighted by Gasteiger charge is 2.08. The minimum Gasteiger partial charge on any atom is -0.406 e. The number of fused-ring (bicyclic) bond motifs is 1. The maximum Gasteiger partial charge on any atom is 0.421 e. The van der Waals surface area contributed by atoms with Crippen molar-refractivity contribution in [1.82, 2.24) is 9.55 Å². The van der Waals surface area contributed by atoms with Gasteiger partial charge in [-0.3, -0.25) is 4.57 Å².